The van der Waals surface area contributed by atoms with E-state index in [4.69, 9.17) is 10.3 Å². The molecule has 206 valence electrons. The van der Waals surface area contributed by atoms with Gasteiger partial charge in [0, 0.05) is 54.9 Å². The van der Waals surface area contributed by atoms with Gasteiger partial charge in [-0.15, -0.1) is 0 Å². The van der Waals surface area contributed by atoms with E-state index in [9.17, 15) is 22.8 Å². The lowest BCUT2D eigenvalue weighted by molar-refractivity contribution is -0.135. The number of thioether (sulfide) groups is 1. The highest BCUT2D eigenvalue weighted by molar-refractivity contribution is 7.99. The van der Waals surface area contributed by atoms with Crippen LogP contribution in [-0.4, -0.2) is 83.6 Å². The van der Waals surface area contributed by atoms with Crippen LogP contribution in [0.15, 0.2) is 0 Å². The fourth-order valence-corrected chi connectivity index (χ4v) is 5.63. The highest BCUT2D eigenvalue weighted by Gasteiger charge is 2.32. The molecule has 2 atom stereocenters. The van der Waals surface area contributed by atoms with Crippen molar-refractivity contribution in [3.05, 3.63) is 0 Å². The van der Waals surface area contributed by atoms with Gasteiger partial charge in [-0.05, 0) is 61.3 Å². The first kappa shape index (κ1) is 33.6. The number of amides is 3. The summed E-state index contributed by atoms with van der Waals surface area (Å²) in [6.07, 6.45) is 0.453. The summed E-state index contributed by atoms with van der Waals surface area (Å²) in [5.74, 6) is -1.08. The average Bonchev–Trinajstić information content (AvgIpc) is 2.66. The van der Waals surface area contributed by atoms with E-state index in [1.54, 1.807) is 16.7 Å². The molecule has 0 saturated heterocycles. The van der Waals surface area contributed by atoms with E-state index >= 15 is 0 Å². The van der Waals surface area contributed by atoms with Crippen molar-refractivity contribution in [3.8, 4) is 0 Å². The van der Waals surface area contributed by atoms with Gasteiger partial charge in [0.25, 0.3) is 10.1 Å². The second-order valence-electron chi connectivity index (χ2n) is 10.4. The molecule has 2 unspecified atom stereocenters. The standard InChI is InChI=1S/C23H46N4O6S2/c1-8-27(9-2)21(30)18(15-34-13-12-24)14-17(20(29)26-22(3,4)5)10-11-19(28)25-23(6,7)16-35(31,32)33/h17-18H,8-16,24H2,1-7H3,(H,25,28)(H,26,29)(H,31,32,33). The number of hydrogen-bond donors (Lipinski definition) is 4. The van der Waals surface area contributed by atoms with Crippen LogP contribution in [0.4, 0.5) is 0 Å². The number of carbonyl (C=O) groups excluding carboxylic acids is 3. The Labute approximate surface area is 215 Å². The summed E-state index contributed by atoms with van der Waals surface area (Å²) in [7, 11) is -4.27. The van der Waals surface area contributed by atoms with Gasteiger partial charge in [0.15, 0.2) is 0 Å². The molecule has 0 aliphatic rings. The number of hydrogen-bond acceptors (Lipinski definition) is 7. The van der Waals surface area contributed by atoms with Crippen molar-refractivity contribution in [1.82, 2.24) is 15.5 Å². The van der Waals surface area contributed by atoms with E-state index < -0.39 is 44.7 Å². The van der Waals surface area contributed by atoms with Gasteiger partial charge in [-0.3, -0.25) is 18.9 Å². The van der Waals surface area contributed by atoms with E-state index in [0.29, 0.717) is 31.1 Å². The minimum absolute atomic E-state index is 0.0215. The second-order valence-corrected chi connectivity index (χ2v) is 13.0. The van der Waals surface area contributed by atoms with E-state index in [1.165, 1.54) is 13.8 Å². The normalized spacial score (nSPS) is 14.2. The van der Waals surface area contributed by atoms with E-state index in [-0.39, 0.29) is 31.1 Å². The Kier molecular flexibility index (Phi) is 14.4. The molecule has 0 radical (unpaired) electrons. The van der Waals surface area contributed by atoms with E-state index in [1.807, 2.05) is 34.6 Å². The molecule has 5 N–H and O–H groups in total. The summed E-state index contributed by atoms with van der Waals surface area (Å²) >= 11 is 1.57. The lowest BCUT2D eigenvalue weighted by Gasteiger charge is -2.30. The fraction of sp³-hybridized carbons (Fsp3) is 0.870. The van der Waals surface area contributed by atoms with Gasteiger partial charge in [-0.1, -0.05) is 0 Å². The molecule has 10 nitrogen and oxygen atoms in total. The van der Waals surface area contributed by atoms with Crippen LogP contribution in [0.2, 0.25) is 0 Å². The van der Waals surface area contributed by atoms with Crippen molar-refractivity contribution >= 4 is 39.6 Å². The highest BCUT2D eigenvalue weighted by atomic mass is 32.2. The summed E-state index contributed by atoms with van der Waals surface area (Å²) in [4.78, 5) is 40.6. The second kappa shape index (κ2) is 15.0. The van der Waals surface area contributed by atoms with Crippen molar-refractivity contribution in [2.75, 3.05) is 36.9 Å². The molecule has 0 bridgehead atoms. The first-order valence-electron chi connectivity index (χ1n) is 12.1. The van der Waals surface area contributed by atoms with Crippen LogP contribution in [0.25, 0.3) is 0 Å². The first-order chi connectivity index (χ1) is 15.9. The van der Waals surface area contributed by atoms with Gasteiger partial charge in [-0.2, -0.15) is 20.2 Å². The van der Waals surface area contributed by atoms with Crippen LogP contribution in [0.1, 0.15) is 67.7 Å². The summed E-state index contributed by atoms with van der Waals surface area (Å²) < 4.78 is 31.6. The molecule has 0 saturated carbocycles. The number of rotatable bonds is 16. The Hall–Kier alpha value is -1.37. The van der Waals surface area contributed by atoms with E-state index in [2.05, 4.69) is 10.6 Å². The smallest absolute Gasteiger partial charge is 0.267 e. The van der Waals surface area contributed by atoms with Gasteiger partial charge < -0.3 is 21.3 Å². The molecule has 0 aromatic carbocycles. The predicted molar refractivity (Wildman–Crippen MR) is 142 cm³/mol. The van der Waals surface area contributed by atoms with Crippen LogP contribution in [0.3, 0.4) is 0 Å². The van der Waals surface area contributed by atoms with Crippen LogP contribution < -0.4 is 16.4 Å². The third-order valence-electron chi connectivity index (χ3n) is 5.18. The molecule has 3 amide bonds. The predicted octanol–water partition coefficient (Wildman–Crippen LogP) is 1.65. The van der Waals surface area contributed by atoms with Crippen LogP contribution in [0, 0.1) is 11.8 Å². The maximum absolute atomic E-state index is 13.2. The lowest BCUT2D eigenvalue weighted by Crippen LogP contribution is -2.49. The fourth-order valence-electron chi connectivity index (χ4n) is 3.75. The van der Waals surface area contributed by atoms with Crippen LogP contribution in [0.5, 0.6) is 0 Å². The molecule has 0 fully saturated rings. The monoisotopic (exact) mass is 538 g/mol. The maximum atomic E-state index is 13.2. The highest BCUT2D eigenvalue weighted by Crippen LogP contribution is 2.25. The molecule has 12 heteroatoms. The Bertz CT molecular complexity index is 792. The molecule has 0 rings (SSSR count). The third-order valence-corrected chi connectivity index (χ3v) is 7.43. The van der Waals surface area contributed by atoms with Crippen molar-refractivity contribution in [1.29, 1.82) is 0 Å². The molecular weight excluding hydrogens is 492 g/mol. The minimum atomic E-state index is -4.27. The zero-order valence-corrected chi connectivity index (χ0v) is 24.0. The summed E-state index contributed by atoms with van der Waals surface area (Å²) in [6.45, 7) is 14.0. The van der Waals surface area contributed by atoms with Gasteiger partial charge in [0.1, 0.15) is 0 Å². The Morgan fingerprint density at radius 2 is 1.60 bits per heavy atom. The largest absolute Gasteiger partial charge is 0.351 e. The van der Waals surface area contributed by atoms with Crippen molar-refractivity contribution in [2.45, 2.75) is 78.8 Å². The van der Waals surface area contributed by atoms with Crippen molar-refractivity contribution in [3.63, 3.8) is 0 Å². The topological polar surface area (TPSA) is 159 Å². The number of nitrogens with zero attached hydrogens (tertiary/aromatic N) is 1. The summed E-state index contributed by atoms with van der Waals surface area (Å²) in [5.41, 5.74) is 3.96. The summed E-state index contributed by atoms with van der Waals surface area (Å²) in [6, 6.07) is 0. The molecule has 0 spiro atoms. The molecule has 0 aliphatic carbocycles. The van der Waals surface area contributed by atoms with Crippen LogP contribution >= 0.6 is 11.8 Å². The maximum Gasteiger partial charge on any atom is 0.267 e. The molecular formula is C23H46N4O6S2. The number of nitrogens with one attached hydrogen (secondary N) is 2. The molecule has 0 heterocycles. The number of nitrogens with two attached hydrogens (primary N) is 1. The molecule has 0 aliphatic heterocycles. The Morgan fingerprint density at radius 1 is 1.03 bits per heavy atom. The van der Waals surface area contributed by atoms with Gasteiger partial charge in [0.2, 0.25) is 17.7 Å². The molecule has 0 aromatic heterocycles. The zero-order chi connectivity index (χ0) is 27.4. The lowest BCUT2D eigenvalue weighted by atomic mass is 9.89. The third kappa shape index (κ3) is 15.4. The van der Waals surface area contributed by atoms with Gasteiger partial charge >= 0.3 is 0 Å². The first-order valence-corrected chi connectivity index (χ1v) is 14.9. The number of carbonyl (C=O) groups is 3. The quantitative estimate of drug-likeness (QED) is 0.170. The van der Waals surface area contributed by atoms with Crippen molar-refractivity contribution < 1.29 is 27.4 Å². The molecule has 0 aromatic rings. The Morgan fingerprint density at radius 3 is 2.06 bits per heavy atom. The minimum Gasteiger partial charge on any atom is -0.351 e. The summed E-state index contributed by atoms with van der Waals surface area (Å²) in [5, 5.41) is 5.56. The van der Waals surface area contributed by atoms with Crippen molar-refractivity contribution in [2.24, 2.45) is 17.6 Å². The SMILES string of the molecule is CCN(CC)C(=O)C(CSCCN)CC(CCC(=O)NC(C)(C)CS(=O)(=O)O)C(=O)NC(C)(C)C. The Balaban J connectivity index is 5.63. The van der Waals surface area contributed by atoms with Gasteiger partial charge in [-0.25, -0.2) is 0 Å². The van der Waals surface area contributed by atoms with Crippen LogP contribution in [-0.2, 0) is 24.5 Å². The van der Waals surface area contributed by atoms with Gasteiger partial charge in [0.05, 0.1) is 11.3 Å². The zero-order valence-electron chi connectivity index (χ0n) is 22.3. The molecule has 35 heavy (non-hydrogen) atoms. The average molecular weight is 539 g/mol. The van der Waals surface area contributed by atoms with E-state index in [0.717, 1.165) is 0 Å².